The summed E-state index contributed by atoms with van der Waals surface area (Å²) in [5, 5.41) is 5.15. The van der Waals surface area contributed by atoms with Crippen molar-refractivity contribution < 1.29 is 14.3 Å². The number of benzene rings is 2. The molecule has 0 aromatic heterocycles. The van der Waals surface area contributed by atoms with Crippen molar-refractivity contribution in [3.63, 3.8) is 0 Å². The van der Waals surface area contributed by atoms with Gasteiger partial charge in [-0.1, -0.05) is 60.4 Å². The molecule has 0 radical (unpaired) electrons. The zero-order valence-electron chi connectivity index (χ0n) is 15.8. The first-order valence-electron chi connectivity index (χ1n) is 9.38. The zero-order valence-corrected chi connectivity index (χ0v) is 17.5. The molecule has 0 spiro atoms. The lowest BCUT2D eigenvalue weighted by Crippen LogP contribution is -2.31. The quantitative estimate of drug-likeness (QED) is 0.573. The third-order valence-corrected chi connectivity index (χ3v) is 6.19. The summed E-state index contributed by atoms with van der Waals surface area (Å²) >= 11 is 6.61. The van der Waals surface area contributed by atoms with E-state index in [1.165, 1.54) is 11.8 Å². The van der Waals surface area contributed by atoms with Crippen molar-refractivity contribution >= 4 is 50.9 Å². The van der Waals surface area contributed by atoms with E-state index in [-0.39, 0.29) is 24.3 Å². The molecule has 2 aromatic carbocycles. The van der Waals surface area contributed by atoms with Crippen molar-refractivity contribution in [3.8, 4) is 0 Å². The average molecular weight is 417 g/mol. The molecule has 5 nitrogen and oxygen atoms in total. The third kappa shape index (κ3) is 5.69. The van der Waals surface area contributed by atoms with Crippen molar-refractivity contribution in [3.05, 3.63) is 48.0 Å². The summed E-state index contributed by atoms with van der Waals surface area (Å²) in [4.78, 5) is 26.1. The number of thiocarbonyl (C=S) groups is 1. The van der Waals surface area contributed by atoms with Gasteiger partial charge in [0, 0.05) is 13.1 Å². The van der Waals surface area contributed by atoms with Crippen molar-refractivity contribution in [2.24, 2.45) is 0 Å². The minimum absolute atomic E-state index is 0.128. The van der Waals surface area contributed by atoms with Gasteiger partial charge < -0.3 is 15.0 Å². The molecule has 0 bridgehead atoms. The van der Waals surface area contributed by atoms with Crippen LogP contribution in [0.3, 0.4) is 0 Å². The summed E-state index contributed by atoms with van der Waals surface area (Å²) in [6, 6.07) is 14.0. The van der Waals surface area contributed by atoms with E-state index < -0.39 is 5.97 Å². The molecule has 7 heteroatoms. The average Bonchev–Trinajstić information content (AvgIpc) is 3.25. The van der Waals surface area contributed by atoms with E-state index in [0.29, 0.717) is 0 Å². The van der Waals surface area contributed by atoms with E-state index in [0.717, 1.165) is 46.6 Å². The Morgan fingerprint density at radius 1 is 1.18 bits per heavy atom. The number of esters is 1. The molecular weight excluding hydrogens is 392 g/mol. The fraction of sp³-hybridized carbons (Fsp3) is 0.381. The Balaban J connectivity index is 1.41. The lowest BCUT2D eigenvalue weighted by molar-refractivity contribution is -0.146. The van der Waals surface area contributed by atoms with Gasteiger partial charge in [0.2, 0.25) is 0 Å². The minimum Gasteiger partial charge on any atom is -0.455 e. The van der Waals surface area contributed by atoms with Gasteiger partial charge in [-0.15, -0.1) is 0 Å². The number of hydrogen-bond donors (Lipinski definition) is 1. The molecule has 148 valence electrons. The van der Waals surface area contributed by atoms with E-state index in [4.69, 9.17) is 17.0 Å². The molecule has 1 atom stereocenters. The molecule has 3 rings (SSSR count). The van der Waals surface area contributed by atoms with Crippen LogP contribution in [-0.2, 0) is 14.3 Å². The van der Waals surface area contributed by atoms with E-state index >= 15 is 0 Å². The van der Waals surface area contributed by atoms with Gasteiger partial charge in [0.1, 0.15) is 4.32 Å². The Labute approximate surface area is 174 Å². The van der Waals surface area contributed by atoms with Crippen LogP contribution in [0.2, 0.25) is 0 Å². The van der Waals surface area contributed by atoms with Crippen LogP contribution in [0.5, 0.6) is 0 Å². The number of nitrogens with zero attached hydrogens (tertiary/aromatic N) is 1. The van der Waals surface area contributed by atoms with Gasteiger partial charge >= 0.3 is 5.97 Å². The molecule has 1 heterocycles. The molecule has 28 heavy (non-hydrogen) atoms. The van der Waals surface area contributed by atoms with Gasteiger partial charge in [0.25, 0.3) is 5.91 Å². The number of carbonyl (C=O) groups is 2. The highest BCUT2D eigenvalue weighted by Gasteiger charge is 2.17. The number of fused-ring (bicyclic) bond motifs is 1. The molecule has 1 aliphatic heterocycles. The van der Waals surface area contributed by atoms with Crippen molar-refractivity contribution in [2.45, 2.75) is 25.8 Å². The molecule has 0 unspecified atom stereocenters. The molecule has 1 saturated heterocycles. The van der Waals surface area contributed by atoms with Crippen LogP contribution >= 0.6 is 24.0 Å². The van der Waals surface area contributed by atoms with Crippen LogP contribution in [0.4, 0.5) is 0 Å². The summed E-state index contributed by atoms with van der Waals surface area (Å²) < 4.78 is 5.80. The molecule has 0 saturated carbocycles. The molecule has 1 N–H and O–H groups in total. The third-order valence-electron chi connectivity index (χ3n) is 4.69. The normalized spacial score (nSPS) is 14.7. The van der Waals surface area contributed by atoms with Crippen LogP contribution in [0, 0.1) is 0 Å². The Bertz CT molecular complexity index is 866. The summed E-state index contributed by atoms with van der Waals surface area (Å²) in [6.07, 6.45) is 2.28. The fourth-order valence-electron chi connectivity index (χ4n) is 3.14. The molecule has 1 fully saturated rings. The lowest BCUT2D eigenvalue weighted by Gasteiger charge is -2.17. The van der Waals surface area contributed by atoms with Crippen LogP contribution in [0.15, 0.2) is 42.5 Å². The highest BCUT2D eigenvalue weighted by Crippen LogP contribution is 2.20. The number of likely N-dealkylation sites (tertiary alicyclic amines) is 1. The van der Waals surface area contributed by atoms with Gasteiger partial charge in [-0.3, -0.25) is 9.59 Å². The monoisotopic (exact) mass is 416 g/mol. The second-order valence-corrected chi connectivity index (χ2v) is 8.41. The second-order valence-electron chi connectivity index (χ2n) is 6.81. The van der Waals surface area contributed by atoms with Gasteiger partial charge in [0.15, 0.2) is 6.61 Å². The number of amides is 1. The first kappa shape index (κ1) is 20.6. The van der Waals surface area contributed by atoms with E-state index in [9.17, 15) is 9.59 Å². The predicted molar refractivity (Wildman–Crippen MR) is 117 cm³/mol. The smallest absolute Gasteiger partial charge is 0.316 e. The topological polar surface area (TPSA) is 58.6 Å². The SMILES string of the molecule is C[C@@H](NC(=O)COC(=O)CSC(=S)N1CCCC1)c1ccc2ccccc2c1. The number of thioether (sulfide) groups is 1. The molecule has 2 aromatic rings. The number of rotatable bonds is 6. The largest absolute Gasteiger partial charge is 0.455 e. The Hall–Kier alpha value is -2.12. The lowest BCUT2D eigenvalue weighted by atomic mass is 10.0. The summed E-state index contributed by atoms with van der Waals surface area (Å²) in [7, 11) is 0. The number of carbonyl (C=O) groups excluding carboxylic acids is 2. The zero-order chi connectivity index (χ0) is 19.9. The maximum absolute atomic E-state index is 12.1. The van der Waals surface area contributed by atoms with E-state index in [1.807, 2.05) is 37.3 Å². The van der Waals surface area contributed by atoms with Gasteiger partial charge in [-0.05, 0) is 42.2 Å². The van der Waals surface area contributed by atoms with Crippen LogP contribution < -0.4 is 5.32 Å². The highest BCUT2D eigenvalue weighted by atomic mass is 32.2. The second kappa shape index (κ2) is 9.89. The first-order chi connectivity index (χ1) is 13.5. The molecule has 1 amide bonds. The predicted octanol–water partition coefficient (Wildman–Crippen LogP) is 3.67. The number of hydrogen-bond acceptors (Lipinski definition) is 5. The standard InChI is InChI=1S/C21H24N2O3S2/c1-15(17-9-8-16-6-2-3-7-18(16)12-17)22-19(24)13-26-20(25)14-28-21(27)23-10-4-5-11-23/h2-3,6-9,12,15H,4-5,10-11,13-14H2,1H3,(H,22,24)/t15-/m1/s1. The van der Waals surface area contributed by atoms with Crippen molar-refractivity contribution in [1.82, 2.24) is 10.2 Å². The summed E-state index contributed by atoms with van der Waals surface area (Å²) in [6.45, 7) is 3.54. The van der Waals surface area contributed by atoms with Gasteiger partial charge in [0.05, 0.1) is 11.8 Å². The Kier molecular flexibility index (Phi) is 7.28. The van der Waals surface area contributed by atoms with Crippen LogP contribution in [0.25, 0.3) is 10.8 Å². The molecule has 0 aliphatic carbocycles. The summed E-state index contributed by atoms with van der Waals surface area (Å²) in [5.74, 6) is -0.621. The number of ether oxygens (including phenoxy) is 1. The Morgan fingerprint density at radius 2 is 1.89 bits per heavy atom. The fourth-order valence-corrected chi connectivity index (χ4v) is 4.19. The van der Waals surface area contributed by atoms with Crippen LogP contribution in [-0.4, -0.2) is 46.5 Å². The first-order valence-corrected chi connectivity index (χ1v) is 10.8. The van der Waals surface area contributed by atoms with Crippen molar-refractivity contribution in [2.75, 3.05) is 25.4 Å². The van der Waals surface area contributed by atoms with Gasteiger partial charge in [-0.25, -0.2) is 0 Å². The van der Waals surface area contributed by atoms with Gasteiger partial charge in [-0.2, -0.15) is 0 Å². The van der Waals surface area contributed by atoms with E-state index in [1.54, 1.807) is 0 Å². The van der Waals surface area contributed by atoms with Crippen LogP contribution in [0.1, 0.15) is 31.4 Å². The maximum Gasteiger partial charge on any atom is 0.316 e. The Morgan fingerprint density at radius 3 is 2.64 bits per heavy atom. The minimum atomic E-state index is -0.431. The van der Waals surface area contributed by atoms with Crippen molar-refractivity contribution in [1.29, 1.82) is 0 Å². The molecule has 1 aliphatic rings. The summed E-state index contributed by atoms with van der Waals surface area (Å²) in [5.41, 5.74) is 1.00. The number of nitrogens with one attached hydrogen (secondary N) is 1. The highest BCUT2D eigenvalue weighted by molar-refractivity contribution is 8.23. The maximum atomic E-state index is 12.1. The van der Waals surface area contributed by atoms with E-state index in [2.05, 4.69) is 22.3 Å². The molecular formula is C21H24N2O3S2.